The number of nitrogens with zero attached hydrogens (tertiary/aromatic N) is 2. The summed E-state index contributed by atoms with van der Waals surface area (Å²) in [5.41, 5.74) is 0.722. The molecule has 0 aliphatic rings. The van der Waals surface area contributed by atoms with Gasteiger partial charge in [-0.15, -0.1) is 5.10 Å². The van der Waals surface area contributed by atoms with Gasteiger partial charge in [-0.1, -0.05) is 5.92 Å². The zero-order valence-electron chi connectivity index (χ0n) is 5.13. The third-order valence-corrected chi connectivity index (χ3v) is 0.825. The van der Waals surface area contributed by atoms with Crippen LogP contribution in [-0.2, 0) is 0 Å². The molecular formula is C7H6N2. The van der Waals surface area contributed by atoms with Crippen molar-refractivity contribution in [3.63, 3.8) is 0 Å². The van der Waals surface area contributed by atoms with E-state index < -0.39 is 0 Å². The Hall–Kier alpha value is -1.36. The maximum absolute atomic E-state index is 3.74. The monoisotopic (exact) mass is 118 g/mol. The maximum atomic E-state index is 3.74. The quantitative estimate of drug-likeness (QED) is 0.472. The lowest BCUT2D eigenvalue weighted by Crippen LogP contribution is -1.82. The highest BCUT2D eigenvalue weighted by Crippen LogP contribution is 1.84. The van der Waals surface area contributed by atoms with Gasteiger partial charge in [-0.3, -0.25) is 0 Å². The molecule has 1 heterocycles. The van der Waals surface area contributed by atoms with Crippen molar-refractivity contribution in [2.45, 2.75) is 6.92 Å². The summed E-state index contributed by atoms with van der Waals surface area (Å²) >= 11 is 0. The van der Waals surface area contributed by atoms with E-state index >= 15 is 0 Å². The first-order valence-electron chi connectivity index (χ1n) is 2.64. The molecule has 0 aromatic carbocycles. The molecule has 0 radical (unpaired) electrons. The first-order valence-corrected chi connectivity index (χ1v) is 2.64. The van der Waals surface area contributed by atoms with E-state index in [0.717, 1.165) is 5.69 Å². The van der Waals surface area contributed by atoms with Crippen molar-refractivity contribution in [3.8, 4) is 11.8 Å². The van der Waals surface area contributed by atoms with Crippen LogP contribution in [0.3, 0.4) is 0 Å². The van der Waals surface area contributed by atoms with E-state index in [1.807, 2.05) is 12.1 Å². The molecule has 0 saturated carbocycles. The molecule has 9 heavy (non-hydrogen) atoms. The fourth-order valence-electron chi connectivity index (χ4n) is 0.496. The van der Waals surface area contributed by atoms with Gasteiger partial charge < -0.3 is 0 Å². The molecule has 2 heteroatoms. The van der Waals surface area contributed by atoms with Gasteiger partial charge >= 0.3 is 0 Å². The van der Waals surface area contributed by atoms with Gasteiger partial charge in [0.05, 0.1) is 0 Å². The second kappa shape index (κ2) is 2.83. The van der Waals surface area contributed by atoms with Crippen LogP contribution in [-0.4, -0.2) is 10.2 Å². The van der Waals surface area contributed by atoms with Gasteiger partial charge in [-0.05, 0) is 25.0 Å². The normalized spacial score (nSPS) is 7.67. The summed E-state index contributed by atoms with van der Waals surface area (Å²) in [6.45, 7) is 1.77. The van der Waals surface area contributed by atoms with Crippen LogP contribution in [0.15, 0.2) is 18.3 Å². The summed E-state index contributed by atoms with van der Waals surface area (Å²) in [6, 6.07) is 3.64. The van der Waals surface area contributed by atoms with Crippen LogP contribution in [0.2, 0.25) is 0 Å². The van der Waals surface area contributed by atoms with Gasteiger partial charge in [0.15, 0.2) is 0 Å². The molecule has 0 fully saturated rings. The minimum absolute atomic E-state index is 0.722. The molecule has 0 aliphatic heterocycles. The lowest BCUT2D eigenvalue weighted by molar-refractivity contribution is 1.01. The van der Waals surface area contributed by atoms with E-state index in [1.54, 1.807) is 13.1 Å². The zero-order valence-corrected chi connectivity index (χ0v) is 5.13. The van der Waals surface area contributed by atoms with Crippen molar-refractivity contribution in [3.05, 3.63) is 24.0 Å². The first kappa shape index (κ1) is 5.77. The first-order chi connectivity index (χ1) is 4.43. The lowest BCUT2D eigenvalue weighted by atomic mass is 10.4. The minimum Gasteiger partial charge on any atom is -0.158 e. The Balaban J connectivity index is 2.94. The minimum atomic E-state index is 0.722. The second-order valence-electron chi connectivity index (χ2n) is 1.48. The van der Waals surface area contributed by atoms with Crippen LogP contribution in [0.5, 0.6) is 0 Å². The highest BCUT2D eigenvalue weighted by atomic mass is 15.1. The van der Waals surface area contributed by atoms with Gasteiger partial charge in [0, 0.05) is 6.20 Å². The Bertz CT molecular complexity index is 230. The molecule has 2 nitrogen and oxygen atoms in total. The van der Waals surface area contributed by atoms with E-state index in [1.165, 1.54) is 0 Å². The molecule has 0 saturated heterocycles. The number of rotatable bonds is 0. The third-order valence-electron chi connectivity index (χ3n) is 0.825. The second-order valence-corrected chi connectivity index (χ2v) is 1.48. The van der Waals surface area contributed by atoms with Gasteiger partial charge in [-0.2, -0.15) is 5.10 Å². The average molecular weight is 118 g/mol. The third kappa shape index (κ3) is 1.54. The van der Waals surface area contributed by atoms with Crippen molar-refractivity contribution in [2.75, 3.05) is 0 Å². The summed E-state index contributed by atoms with van der Waals surface area (Å²) in [6.07, 6.45) is 1.63. The Morgan fingerprint density at radius 3 is 3.00 bits per heavy atom. The SMILES string of the molecule is CC#Cc1cccnn1. The Morgan fingerprint density at radius 2 is 2.44 bits per heavy atom. The predicted molar refractivity (Wildman–Crippen MR) is 34.6 cm³/mol. The van der Waals surface area contributed by atoms with Crippen LogP contribution >= 0.6 is 0 Å². The van der Waals surface area contributed by atoms with E-state index in [-0.39, 0.29) is 0 Å². The molecule has 44 valence electrons. The fraction of sp³-hybridized carbons (Fsp3) is 0.143. The molecule has 1 aromatic rings. The van der Waals surface area contributed by atoms with E-state index in [0.29, 0.717) is 0 Å². The van der Waals surface area contributed by atoms with Gasteiger partial charge in [0.1, 0.15) is 5.69 Å². The molecule has 0 unspecified atom stereocenters. The Kier molecular flexibility index (Phi) is 1.81. The summed E-state index contributed by atoms with van der Waals surface area (Å²) in [5.74, 6) is 5.52. The summed E-state index contributed by atoms with van der Waals surface area (Å²) in [4.78, 5) is 0. The molecule has 0 N–H and O–H groups in total. The van der Waals surface area contributed by atoms with Crippen molar-refractivity contribution < 1.29 is 0 Å². The molecule has 0 spiro atoms. The van der Waals surface area contributed by atoms with E-state index in [4.69, 9.17) is 0 Å². The summed E-state index contributed by atoms with van der Waals surface area (Å²) in [7, 11) is 0. The molecule has 1 rings (SSSR count). The number of hydrogen-bond donors (Lipinski definition) is 0. The lowest BCUT2D eigenvalue weighted by Gasteiger charge is -1.81. The van der Waals surface area contributed by atoms with E-state index in [9.17, 15) is 0 Å². The highest BCUT2D eigenvalue weighted by molar-refractivity contribution is 5.24. The fourth-order valence-corrected chi connectivity index (χ4v) is 0.496. The van der Waals surface area contributed by atoms with Gasteiger partial charge in [0.2, 0.25) is 0 Å². The zero-order chi connectivity index (χ0) is 6.53. The van der Waals surface area contributed by atoms with Crippen LogP contribution in [0.25, 0.3) is 0 Å². The van der Waals surface area contributed by atoms with Gasteiger partial charge in [-0.25, -0.2) is 0 Å². The number of aromatic nitrogens is 2. The molecule has 0 amide bonds. The van der Waals surface area contributed by atoms with E-state index in [2.05, 4.69) is 22.0 Å². The standard InChI is InChI=1S/C7H6N2/c1-2-4-7-5-3-6-8-9-7/h3,5-6H,1H3. The smallest absolute Gasteiger partial charge is 0.135 e. The predicted octanol–water partition coefficient (Wildman–Crippen LogP) is 0.848. The maximum Gasteiger partial charge on any atom is 0.135 e. The Morgan fingerprint density at radius 1 is 1.56 bits per heavy atom. The molecule has 0 aliphatic carbocycles. The van der Waals surface area contributed by atoms with Crippen molar-refractivity contribution >= 4 is 0 Å². The average Bonchev–Trinajstić information content (AvgIpc) is 1.91. The van der Waals surface area contributed by atoms with Crippen LogP contribution in [0, 0.1) is 11.8 Å². The molecular weight excluding hydrogens is 112 g/mol. The van der Waals surface area contributed by atoms with Crippen LogP contribution in [0.1, 0.15) is 12.6 Å². The van der Waals surface area contributed by atoms with Crippen molar-refractivity contribution in [1.29, 1.82) is 0 Å². The molecule has 0 atom stereocenters. The van der Waals surface area contributed by atoms with Crippen LogP contribution < -0.4 is 0 Å². The molecule has 1 aromatic heterocycles. The molecule has 0 bridgehead atoms. The highest BCUT2D eigenvalue weighted by Gasteiger charge is 1.80. The van der Waals surface area contributed by atoms with Crippen molar-refractivity contribution in [1.82, 2.24) is 10.2 Å². The topological polar surface area (TPSA) is 25.8 Å². The summed E-state index contributed by atoms with van der Waals surface area (Å²) in [5, 5.41) is 7.40. The summed E-state index contributed by atoms with van der Waals surface area (Å²) < 4.78 is 0. The van der Waals surface area contributed by atoms with Crippen molar-refractivity contribution in [2.24, 2.45) is 0 Å². The van der Waals surface area contributed by atoms with Gasteiger partial charge in [0.25, 0.3) is 0 Å². The largest absolute Gasteiger partial charge is 0.158 e. The number of hydrogen-bond acceptors (Lipinski definition) is 2. The Labute approximate surface area is 53.9 Å². The van der Waals surface area contributed by atoms with Crippen LogP contribution in [0.4, 0.5) is 0 Å².